The fourth-order valence-electron chi connectivity index (χ4n) is 4.23. The molecule has 0 atom stereocenters. The van der Waals surface area contributed by atoms with Gasteiger partial charge in [-0.2, -0.15) is 30.6 Å². The Morgan fingerprint density at radius 3 is 1.68 bits per heavy atom. The Morgan fingerprint density at radius 1 is 0.737 bits per heavy atom. The number of aliphatic hydroxyl groups is 1. The maximum absolute atomic E-state index is 13.1. The summed E-state index contributed by atoms with van der Waals surface area (Å²) in [5, 5.41) is 9.53. The van der Waals surface area contributed by atoms with Crippen molar-refractivity contribution in [2.75, 3.05) is 26.2 Å². The topological polar surface area (TPSA) is 73.7 Å². The molecule has 1 fully saturated rings. The van der Waals surface area contributed by atoms with Crippen LogP contribution in [0.15, 0.2) is 78.0 Å². The molecule has 0 aliphatic carbocycles. The number of sulfonamides is 1. The van der Waals surface area contributed by atoms with Crippen LogP contribution in [0.2, 0.25) is 0 Å². The number of hydrogen-bond donors (Lipinski definition) is 1. The summed E-state index contributed by atoms with van der Waals surface area (Å²) in [6.45, 7) is 2.32. The first-order valence-electron chi connectivity index (χ1n) is 11.4. The maximum Gasteiger partial charge on any atom is 0.430 e. The van der Waals surface area contributed by atoms with Gasteiger partial charge in [0.15, 0.2) is 0 Å². The first-order chi connectivity index (χ1) is 17.7. The smallest absolute Gasteiger partial charge is 0.369 e. The van der Waals surface area contributed by atoms with Gasteiger partial charge in [0.25, 0.3) is 5.60 Å². The van der Waals surface area contributed by atoms with Crippen LogP contribution >= 0.6 is 0 Å². The molecule has 0 radical (unpaired) electrons. The molecule has 0 bridgehead atoms. The number of rotatable bonds is 6. The number of hydrogen-bond acceptors (Lipinski definition) is 5. The van der Waals surface area contributed by atoms with Crippen LogP contribution < -0.4 is 0 Å². The van der Waals surface area contributed by atoms with Crippen molar-refractivity contribution in [3.8, 4) is 11.1 Å². The quantitative estimate of drug-likeness (QED) is 0.448. The Hall–Kier alpha value is -3.00. The highest BCUT2D eigenvalue weighted by Crippen LogP contribution is 2.50. The molecule has 1 aliphatic rings. The van der Waals surface area contributed by atoms with Gasteiger partial charge in [0, 0.05) is 50.7 Å². The van der Waals surface area contributed by atoms with Crippen LogP contribution in [0.5, 0.6) is 0 Å². The normalized spacial score (nSPS) is 16.5. The van der Waals surface area contributed by atoms with Gasteiger partial charge in [-0.25, -0.2) is 8.42 Å². The zero-order valence-electron chi connectivity index (χ0n) is 19.7. The van der Waals surface area contributed by atoms with Crippen molar-refractivity contribution in [3.05, 3.63) is 84.2 Å². The van der Waals surface area contributed by atoms with Crippen molar-refractivity contribution in [1.82, 2.24) is 14.2 Å². The van der Waals surface area contributed by atoms with Crippen molar-refractivity contribution in [1.29, 1.82) is 0 Å². The summed E-state index contributed by atoms with van der Waals surface area (Å²) in [6.07, 6.45) is -8.57. The van der Waals surface area contributed by atoms with Crippen molar-refractivity contribution in [3.63, 3.8) is 0 Å². The van der Waals surface area contributed by atoms with E-state index < -0.39 is 33.5 Å². The van der Waals surface area contributed by atoms with Crippen molar-refractivity contribution in [2.45, 2.75) is 29.4 Å². The fourth-order valence-corrected chi connectivity index (χ4v) is 5.66. The van der Waals surface area contributed by atoms with Crippen molar-refractivity contribution < 1.29 is 39.9 Å². The second-order valence-electron chi connectivity index (χ2n) is 8.84. The molecule has 0 spiro atoms. The van der Waals surface area contributed by atoms with E-state index in [1.54, 1.807) is 12.4 Å². The molecule has 38 heavy (non-hydrogen) atoms. The standard InChI is InChI=1S/C25H23F6N3O3S/c26-24(27,28)23(35,25(29,30)31)21-5-1-19(2-6-21)20-3-7-22(8-4-20)38(36,37)34-15-13-33(14-16-34)17-18-9-11-32-12-10-18/h1-12,35H,13-17H2. The SMILES string of the molecule is O=S(=O)(c1ccc(-c2ccc(C(O)(C(F)(F)F)C(F)(F)F)cc2)cc1)N1CCN(Cc2ccncc2)CC1. The summed E-state index contributed by atoms with van der Waals surface area (Å²) < 4.78 is 106. The summed E-state index contributed by atoms with van der Waals surface area (Å²) in [5.74, 6) is 0. The van der Waals surface area contributed by atoms with Crippen LogP contribution in [-0.2, 0) is 22.2 Å². The number of nitrogens with zero attached hydrogens (tertiary/aromatic N) is 3. The van der Waals surface area contributed by atoms with E-state index >= 15 is 0 Å². The molecule has 1 aromatic heterocycles. The van der Waals surface area contributed by atoms with Crippen molar-refractivity contribution >= 4 is 10.0 Å². The third-order valence-corrected chi connectivity index (χ3v) is 8.35. The lowest BCUT2D eigenvalue weighted by Gasteiger charge is -2.34. The van der Waals surface area contributed by atoms with Gasteiger partial charge in [-0.05, 0) is 41.0 Å². The lowest BCUT2D eigenvalue weighted by Crippen LogP contribution is -2.53. The molecule has 3 aromatic rings. The lowest BCUT2D eigenvalue weighted by molar-refractivity contribution is -0.376. The number of piperazine rings is 1. The Kier molecular flexibility index (Phi) is 7.58. The summed E-state index contributed by atoms with van der Waals surface area (Å²) in [5.41, 5.74) is -4.70. The van der Waals surface area contributed by atoms with E-state index in [1.165, 1.54) is 28.6 Å². The minimum absolute atomic E-state index is 0.0176. The molecule has 0 saturated carbocycles. The number of alkyl halides is 6. The average molecular weight is 560 g/mol. The molecule has 204 valence electrons. The van der Waals surface area contributed by atoms with E-state index in [0.717, 1.165) is 17.7 Å². The Morgan fingerprint density at radius 2 is 1.21 bits per heavy atom. The molecule has 6 nitrogen and oxygen atoms in total. The van der Waals surface area contributed by atoms with Gasteiger partial charge in [-0.1, -0.05) is 36.4 Å². The van der Waals surface area contributed by atoms with Crippen molar-refractivity contribution in [2.24, 2.45) is 0 Å². The van der Waals surface area contributed by atoms with E-state index in [4.69, 9.17) is 0 Å². The van der Waals surface area contributed by atoms with E-state index in [0.29, 0.717) is 37.3 Å². The van der Waals surface area contributed by atoms with Gasteiger partial charge in [-0.15, -0.1) is 0 Å². The summed E-state index contributed by atoms with van der Waals surface area (Å²) in [7, 11) is -3.80. The molecule has 1 aliphatic heterocycles. The number of pyridine rings is 1. The van der Waals surface area contributed by atoms with Crippen LogP contribution in [0.4, 0.5) is 26.3 Å². The summed E-state index contributed by atoms with van der Waals surface area (Å²) in [4.78, 5) is 6.12. The van der Waals surface area contributed by atoms with Crippen LogP contribution in [0.25, 0.3) is 11.1 Å². The number of halogens is 6. The highest BCUT2D eigenvalue weighted by molar-refractivity contribution is 7.89. The van der Waals surface area contributed by atoms with Gasteiger partial charge in [-0.3, -0.25) is 9.88 Å². The minimum atomic E-state index is -5.98. The minimum Gasteiger partial charge on any atom is -0.369 e. The van der Waals surface area contributed by atoms with Gasteiger partial charge in [0.2, 0.25) is 10.0 Å². The highest BCUT2D eigenvalue weighted by Gasteiger charge is 2.71. The zero-order chi connectivity index (χ0) is 27.8. The molecule has 0 amide bonds. The molecular weight excluding hydrogens is 536 g/mol. The average Bonchev–Trinajstić information content (AvgIpc) is 2.88. The Balaban J connectivity index is 1.46. The number of benzene rings is 2. The van der Waals surface area contributed by atoms with Crippen LogP contribution in [0.1, 0.15) is 11.1 Å². The first-order valence-corrected chi connectivity index (χ1v) is 12.9. The van der Waals surface area contributed by atoms with E-state index in [-0.39, 0.29) is 23.5 Å². The van der Waals surface area contributed by atoms with Crippen LogP contribution in [0, 0.1) is 0 Å². The molecule has 1 N–H and O–H groups in total. The van der Waals surface area contributed by atoms with E-state index in [9.17, 15) is 39.9 Å². The first kappa shape index (κ1) is 28.0. The molecule has 0 unspecified atom stereocenters. The molecule has 4 rings (SSSR count). The van der Waals surface area contributed by atoms with Gasteiger partial charge < -0.3 is 5.11 Å². The molecule has 2 aromatic carbocycles. The predicted octanol–water partition coefficient (Wildman–Crippen LogP) is 4.57. The monoisotopic (exact) mass is 559 g/mol. The third-order valence-electron chi connectivity index (χ3n) is 6.44. The van der Waals surface area contributed by atoms with Gasteiger partial charge >= 0.3 is 12.4 Å². The predicted molar refractivity (Wildman–Crippen MR) is 126 cm³/mol. The van der Waals surface area contributed by atoms with Crippen LogP contribution in [-0.4, -0.2) is 66.2 Å². The molecule has 1 saturated heterocycles. The second-order valence-corrected chi connectivity index (χ2v) is 10.8. The van der Waals surface area contributed by atoms with Crippen LogP contribution in [0.3, 0.4) is 0 Å². The molecular formula is C25H23F6N3O3S. The third kappa shape index (κ3) is 5.41. The van der Waals surface area contributed by atoms with Gasteiger partial charge in [0.1, 0.15) is 0 Å². The largest absolute Gasteiger partial charge is 0.430 e. The Labute approximate surface area is 215 Å². The van der Waals surface area contributed by atoms with E-state index in [1.807, 2.05) is 12.1 Å². The van der Waals surface area contributed by atoms with E-state index in [2.05, 4.69) is 9.88 Å². The summed E-state index contributed by atoms with van der Waals surface area (Å²) in [6, 6.07) is 12.4. The molecule has 2 heterocycles. The summed E-state index contributed by atoms with van der Waals surface area (Å²) >= 11 is 0. The Bertz CT molecular complexity index is 1320. The van der Waals surface area contributed by atoms with Gasteiger partial charge in [0.05, 0.1) is 4.90 Å². The molecule has 13 heteroatoms. The lowest BCUT2D eigenvalue weighted by atomic mass is 9.91. The highest BCUT2D eigenvalue weighted by atomic mass is 32.2. The zero-order valence-corrected chi connectivity index (χ0v) is 20.6. The maximum atomic E-state index is 13.1. The second kappa shape index (κ2) is 10.3. The fraction of sp³-hybridized carbons (Fsp3) is 0.320. The number of aromatic nitrogens is 1.